The van der Waals surface area contributed by atoms with Crippen molar-refractivity contribution in [3.63, 3.8) is 0 Å². The van der Waals surface area contributed by atoms with E-state index in [1.54, 1.807) is 43.5 Å². The summed E-state index contributed by atoms with van der Waals surface area (Å²) in [4.78, 5) is 41.7. The Hall–Kier alpha value is -4.99. The molecule has 3 aromatic heterocycles. The summed E-state index contributed by atoms with van der Waals surface area (Å²) in [5, 5.41) is 21.1. The summed E-state index contributed by atoms with van der Waals surface area (Å²) in [6.45, 7) is 1.60. The number of rotatable bonds is 7. The first kappa shape index (κ1) is 26.2. The number of nitrogens with one attached hydrogen (secondary N) is 2. The predicted molar refractivity (Wildman–Crippen MR) is 153 cm³/mol. The van der Waals surface area contributed by atoms with Crippen molar-refractivity contribution < 1.29 is 23.9 Å². The zero-order valence-corrected chi connectivity index (χ0v) is 22.5. The van der Waals surface area contributed by atoms with E-state index in [4.69, 9.17) is 14.6 Å². The number of nitrogens with zero attached hydrogens (tertiary/aromatic N) is 3. The highest BCUT2D eigenvalue weighted by molar-refractivity contribution is 6.03. The number of aromatic nitrogens is 3. The fourth-order valence-corrected chi connectivity index (χ4v) is 5.49. The number of hydrogen-bond acceptors (Lipinski definition) is 6. The third-order valence-electron chi connectivity index (χ3n) is 7.57. The van der Waals surface area contributed by atoms with Gasteiger partial charge in [0, 0.05) is 34.1 Å². The second-order valence-corrected chi connectivity index (χ2v) is 10.4. The summed E-state index contributed by atoms with van der Waals surface area (Å²) in [5.41, 5.74) is 3.09. The number of anilines is 1. The fourth-order valence-electron chi connectivity index (χ4n) is 5.49. The van der Waals surface area contributed by atoms with E-state index in [2.05, 4.69) is 15.6 Å². The van der Waals surface area contributed by atoms with E-state index in [0.717, 1.165) is 29.7 Å². The molecule has 0 unspecified atom stereocenters. The molecule has 0 bridgehead atoms. The first-order valence-corrected chi connectivity index (χ1v) is 13.7. The predicted octanol–water partition coefficient (Wildman–Crippen LogP) is 5.67. The highest BCUT2D eigenvalue weighted by Gasteiger charge is 2.25. The number of carbonyl (C=O) groups is 3. The van der Waals surface area contributed by atoms with E-state index in [9.17, 15) is 14.4 Å². The minimum atomic E-state index is -1.17. The first-order chi connectivity index (χ1) is 19.9. The first-order valence-electron chi connectivity index (χ1n) is 13.7. The number of amides is 2. The van der Waals surface area contributed by atoms with Gasteiger partial charge in [-0.25, -0.2) is 14.5 Å². The van der Waals surface area contributed by atoms with Gasteiger partial charge in [0.2, 0.25) is 11.7 Å². The summed E-state index contributed by atoms with van der Waals surface area (Å²) in [6.07, 6.45) is 7.54. The average Bonchev–Trinajstić information content (AvgIpc) is 3.59. The summed E-state index contributed by atoms with van der Waals surface area (Å²) in [5.74, 6) is -1.05. The number of carbonyl (C=O) groups excluding carboxylic acids is 2. The van der Waals surface area contributed by atoms with Crippen LogP contribution in [0.15, 0.2) is 71.3 Å². The van der Waals surface area contributed by atoms with Gasteiger partial charge in [-0.05, 0) is 68.3 Å². The molecule has 1 atom stereocenters. The average molecular weight is 552 g/mol. The maximum absolute atomic E-state index is 13.2. The van der Waals surface area contributed by atoms with Crippen LogP contribution in [0, 0.1) is 0 Å². The summed E-state index contributed by atoms with van der Waals surface area (Å²) >= 11 is 0. The van der Waals surface area contributed by atoms with Crippen LogP contribution in [0.5, 0.6) is 0 Å². The normalized spacial score (nSPS) is 14.7. The van der Waals surface area contributed by atoms with Gasteiger partial charge in [-0.2, -0.15) is 5.10 Å². The van der Waals surface area contributed by atoms with E-state index in [0.29, 0.717) is 33.7 Å². The lowest BCUT2D eigenvalue weighted by molar-refractivity contribution is -0.117. The van der Waals surface area contributed by atoms with Gasteiger partial charge in [0.15, 0.2) is 5.82 Å². The second kappa shape index (κ2) is 10.9. The second-order valence-electron chi connectivity index (χ2n) is 10.4. The molecule has 41 heavy (non-hydrogen) atoms. The Morgan fingerprint density at radius 2 is 1.85 bits per heavy atom. The molecule has 6 rings (SSSR count). The van der Waals surface area contributed by atoms with Crippen LogP contribution in [0.25, 0.3) is 27.7 Å². The monoisotopic (exact) mass is 551 g/mol. The van der Waals surface area contributed by atoms with Crippen LogP contribution in [0.3, 0.4) is 0 Å². The molecule has 208 valence electrons. The Morgan fingerprint density at radius 1 is 1.02 bits per heavy atom. The zero-order chi connectivity index (χ0) is 28.5. The van der Waals surface area contributed by atoms with Gasteiger partial charge in [-0.3, -0.25) is 9.59 Å². The van der Waals surface area contributed by atoms with Crippen molar-refractivity contribution in [1.82, 2.24) is 20.1 Å². The zero-order valence-electron chi connectivity index (χ0n) is 22.5. The van der Waals surface area contributed by atoms with Gasteiger partial charge in [-0.15, -0.1) is 0 Å². The Kier molecular flexibility index (Phi) is 6.96. The van der Waals surface area contributed by atoms with Crippen LogP contribution >= 0.6 is 0 Å². The quantitative estimate of drug-likeness (QED) is 0.237. The number of fused-ring (bicyclic) bond motifs is 2. The smallest absolute Gasteiger partial charge is 0.371 e. The van der Waals surface area contributed by atoms with Crippen molar-refractivity contribution in [2.24, 2.45) is 0 Å². The molecule has 0 aliphatic heterocycles. The lowest BCUT2D eigenvalue weighted by Gasteiger charge is -2.22. The Labute approximate surface area is 235 Å². The van der Waals surface area contributed by atoms with Gasteiger partial charge in [0.25, 0.3) is 5.91 Å². The van der Waals surface area contributed by atoms with Crippen molar-refractivity contribution in [3.8, 4) is 5.82 Å². The van der Waals surface area contributed by atoms with Gasteiger partial charge in [0.05, 0.1) is 11.2 Å². The summed E-state index contributed by atoms with van der Waals surface area (Å²) in [7, 11) is 0. The topological polar surface area (TPSA) is 139 Å². The number of carboxylic acid groups (broad SMARTS) is 1. The molecule has 2 amide bonds. The molecule has 0 saturated heterocycles. The molecule has 1 aliphatic carbocycles. The molecule has 5 aromatic rings. The van der Waals surface area contributed by atoms with Crippen molar-refractivity contribution in [1.29, 1.82) is 0 Å². The summed E-state index contributed by atoms with van der Waals surface area (Å²) in [6, 6.07) is 16.6. The minimum Gasteiger partial charge on any atom is -0.475 e. The Bertz CT molecular complexity index is 1770. The van der Waals surface area contributed by atoms with Crippen LogP contribution in [-0.2, 0) is 4.79 Å². The summed E-state index contributed by atoms with van der Waals surface area (Å²) < 4.78 is 7.17. The highest BCUT2D eigenvalue weighted by atomic mass is 16.4. The molecule has 3 heterocycles. The van der Waals surface area contributed by atoms with E-state index in [1.165, 1.54) is 25.3 Å². The molecule has 3 N–H and O–H groups in total. The lowest BCUT2D eigenvalue weighted by Crippen LogP contribution is -2.41. The standard InChI is InChI=1S/C31H29N5O5/c1-18(29(37)34-22-11-13-25-21(15-22)17-26(41-25)31(39)40)33-30(38)20-10-12-23-24(16-20)35-36(27-9-5-6-14-32-27)28(23)19-7-3-2-4-8-19/h5-6,9-19H,2-4,7-8H2,1H3,(H,33,38)(H,34,37)(H,39,40)/t18-/m0/s1. The van der Waals surface area contributed by atoms with Crippen LogP contribution < -0.4 is 10.6 Å². The Morgan fingerprint density at radius 3 is 2.61 bits per heavy atom. The maximum atomic E-state index is 13.2. The molecule has 1 aliphatic rings. The number of hydrogen-bond donors (Lipinski definition) is 3. The maximum Gasteiger partial charge on any atom is 0.371 e. The molecule has 0 spiro atoms. The van der Waals surface area contributed by atoms with Crippen molar-refractivity contribution in [2.45, 2.75) is 51.0 Å². The molecule has 1 saturated carbocycles. The van der Waals surface area contributed by atoms with Crippen LogP contribution in [-0.4, -0.2) is 43.7 Å². The highest BCUT2D eigenvalue weighted by Crippen LogP contribution is 2.37. The molecule has 0 radical (unpaired) electrons. The molecule has 2 aromatic carbocycles. The van der Waals surface area contributed by atoms with Crippen LogP contribution in [0.1, 0.15) is 71.6 Å². The molecule has 1 fully saturated rings. The van der Waals surface area contributed by atoms with E-state index < -0.39 is 23.8 Å². The van der Waals surface area contributed by atoms with Crippen LogP contribution in [0.4, 0.5) is 5.69 Å². The number of furan rings is 1. The van der Waals surface area contributed by atoms with Crippen molar-refractivity contribution >= 4 is 45.3 Å². The van der Waals surface area contributed by atoms with E-state index >= 15 is 0 Å². The van der Waals surface area contributed by atoms with E-state index in [1.807, 2.05) is 28.9 Å². The number of pyridine rings is 1. The minimum absolute atomic E-state index is 0.184. The SMILES string of the molecule is C[C@H](NC(=O)c1ccc2c(C3CCCCC3)n(-c3ccccn3)nc2c1)C(=O)Nc1ccc2oc(C(=O)O)cc2c1. The van der Waals surface area contributed by atoms with Gasteiger partial charge in [-0.1, -0.05) is 31.4 Å². The number of aromatic carboxylic acids is 1. The van der Waals surface area contributed by atoms with Gasteiger partial charge < -0.3 is 20.2 Å². The lowest BCUT2D eigenvalue weighted by atomic mass is 9.85. The van der Waals surface area contributed by atoms with Crippen molar-refractivity contribution in [3.05, 3.63) is 83.9 Å². The molecular weight excluding hydrogens is 522 g/mol. The third-order valence-corrected chi connectivity index (χ3v) is 7.57. The largest absolute Gasteiger partial charge is 0.475 e. The molecule has 10 heteroatoms. The Balaban J connectivity index is 1.20. The van der Waals surface area contributed by atoms with E-state index in [-0.39, 0.29) is 5.76 Å². The molecule has 10 nitrogen and oxygen atoms in total. The van der Waals surface area contributed by atoms with Crippen LogP contribution in [0.2, 0.25) is 0 Å². The number of carboxylic acids is 1. The fraction of sp³-hybridized carbons (Fsp3) is 0.258. The van der Waals surface area contributed by atoms with Gasteiger partial charge >= 0.3 is 5.97 Å². The number of benzene rings is 2. The van der Waals surface area contributed by atoms with Crippen molar-refractivity contribution in [2.75, 3.05) is 5.32 Å². The molecular formula is C31H29N5O5. The third kappa shape index (κ3) is 5.28. The van der Waals surface area contributed by atoms with Gasteiger partial charge in [0.1, 0.15) is 11.6 Å².